The zero-order valence-corrected chi connectivity index (χ0v) is 9.23. The van der Waals surface area contributed by atoms with Crippen LogP contribution in [0.15, 0.2) is 0 Å². The smallest absolute Gasteiger partial charge is 0.266 e. The number of amides is 1. The molecule has 11 heavy (non-hydrogen) atoms. The normalized spacial score (nSPS) is 10.0. The summed E-state index contributed by atoms with van der Waals surface area (Å²) in [6.07, 6.45) is 0. The first-order chi connectivity index (χ1) is 4.42. The van der Waals surface area contributed by atoms with Crippen molar-refractivity contribution in [2.45, 2.75) is 6.92 Å². The summed E-state index contributed by atoms with van der Waals surface area (Å²) in [6, 6.07) is 0. The first kappa shape index (κ1) is 14.2. The maximum absolute atomic E-state index is 10.1. The summed E-state index contributed by atoms with van der Waals surface area (Å²) in [5.74, 6) is -0.754. The van der Waals surface area contributed by atoms with E-state index in [0.29, 0.717) is 0 Å². The van der Waals surface area contributed by atoms with E-state index in [2.05, 4.69) is 5.32 Å². The van der Waals surface area contributed by atoms with E-state index < -0.39 is 15.9 Å². The van der Waals surface area contributed by atoms with Crippen LogP contribution in [0.1, 0.15) is 6.92 Å². The van der Waals surface area contributed by atoms with Crippen LogP contribution in [0.2, 0.25) is 0 Å². The second-order valence-corrected chi connectivity index (χ2v) is 3.34. The Hall–Kier alpha value is 0.640. The molecule has 0 spiro atoms. The van der Waals surface area contributed by atoms with Crippen LogP contribution in [0.5, 0.6) is 0 Å². The van der Waals surface area contributed by atoms with E-state index in [-0.39, 0.29) is 50.2 Å². The quantitative estimate of drug-likeness (QED) is 0.442. The monoisotopic (exact) mass is 207 g/mol. The van der Waals surface area contributed by atoms with Crippen molar-refractivity contribution in [1.29, 1.82) is 0 Å². The van der Waals surface area contributed by atoms with Crippen molar-refractivity contribution in [3.8, 4) is 0 Å². The van der Waals surface area contributed by atoms with E-state index in [4.69, 9.17) is 4.55 Å². The first-order valence-corrected chi connectivity index (χ1v) is 4.22. The third-order valence-electron chi connectivity index (χ3n) is 0.734. The molecule has 0 atom stereocenters. The van der Waals surface area contributed by atoms with Crippen LogP contribution in [0.3, 0.4) is 0 Å². The number of carbonyl (C=O) groups is 1. The van der Waals surface area contributed by atoms with Gasteiger partial charge in [0.15, 0.2) is 0 Å². The topological polar surface area (TPSA) is 83.5 Å². The summed E-state index contributed by atoms with van der Waals surface area (Å²) in [5, 5.41) is 2.22. The van der Waals surface area contributed by atoms with E-state index in [1.54, 1.807) is 0 Å². The van der Waals surface area contributed by atoms with Gasteiger partial charge in [0.2, 0.25) is 5.91 Å². The zero-order chi connectivity index (χ0) is 8.20. The van der Waals surface area contributed by atoms with Gasteiger partial charge < -0.3 is 5.32 Å². The largest absolute Gasteiger partial charge is 0.355 e. The Balaban J connectivity index is 0. The maximum atomic E-state index is 10.1. The average Bonchev–Trinajstić information content (AvgIpc) is 1.59. The molecule has 0 aliphatic rings. The van der Waals surface area contributed by atoms with E-state index in [1.807, 2.05) is 0 Å². The number of hydrogen-bond acceptors (Lipinski definition) is 3. The molecule has 0 saturated heterocycles. The Kier molecular flexibility index (Phi) is 7.98. The molecule has 0 heterocycles. The molecule has 62 valence electrons. The SMILES string of the molecule is CC(=O)NCCS(=O)(=O)O.[Ca]. The van der Waals surface area contributed by atoms with E-state index in [9.17, 15) is 13.2 Å². The molecule has 0 aromatic carbocycles. The Morgan fingerprint density at radius 2 is 2.00 bits per heavy atom. The Labute approximate surface area is 95.3 Å². The molecular weight excluding hydrogens is 198 g/mol. The number of nitrogens with one attached hydrogen (secondary N) is 1. The molecule has 0 aromatic heterocycles. The second-order valence-electron chi connectivity index (χ2n) is 1.77. The molecule has 0 rings (SSSR count). The molecule has 2 radical (unpaired) electrons. The van der Waals surface area contributed by atoms with Crippen molar-refractivity contribution in [1.82, 2.24) is 5.32 Å². The van der Waals surface area contributed by atoms with Crippen LogP contribution in [0, 0.1) is 0 Å². The maximum Gasteiger partial charge on any atom is 0.266 e. The molecule has 5 nitrogen and oxygen atoms in total. The molecule has 2 N–H and O–H groups in total. The van der Waals surface area contributed by atoms with Crippen LogP contribution < -0.4 is 5.32 Å². The number of hydrogen-bond donors (Lipinski definition) is 2. The summed E-state index contributed by atoms with van der Waals surface area (Å²) in [4.78, 5) is 10.1. The molecule has 0 bridgehead atoms. The number of rotatable bonds is 3. The Morgan fingerprint density at radius 1 is 1.55 bits per heavy atom. The van der Waals surface area contributed by atoms with Gasteiger partial charge in [-0.2, -0.15) is 8.42 Å². The van der Waals surface area contributed by atoms with Gasteiger partial charge in [0.05, 0.1) is 5.75 Å². The predicted molar refractivity (Wildman–Crippen MR) is 40.9 cm³/mol. The van der Waals surface area contributed by atoms with Gasteiger partial charge in [0.25, 0.3) is 10.1 Å². The van der Waals surface area contributed by atoms with Gasteiger partial charge in [0.1, 0.15) is 0 Å². The van der Waals surface area contributed by atoms with Gasteiger partial charge in [-0.1, -0.05) is 0 Å². The third-order valence-corrected chi connectivity index (χ3v) is 1.45. The van der Waals surface area contributed by atoms with Crippen LogP contribution in [0.25, 0.3) is 0 Å². The zero-order valence-electron chi connectivity index (χ0n) is 6.20. The molecule has 0 aromatic rings. The fourth-order valence-electron chi connectivity index (χ4n) is 0.356. The molecule has 0 unspecified atom stereocenters. The van der Waals surface area contributed by atoms with Gasteiger partial charge in [-0.15, -0.1) is 0 Å². The van der Waals surface area contributed by atoms with E-state index in [1.165, 1.54) is 6.92 Å². The predicted octanol–water partition coefficient (Wildman–Crippen LogP) is -1.37. The molecular formula is C4H9CaNO4S. The minimum atomic E-state index is -3.93. The molecule has 7 heteroatoms. The van der Waals surface area contributed by atoms with Crippen molar-refractivity contribution < 1.29 is 17.8 Å². The van der Waals surface area contributed by atoms with Crippen molar-refractivity contribution >= 4 is 53.8 Å². The van der Waals surface area contributed by atoms with Gasteiger partial charge in [-0.3, -0.25) is 9.35 Å². The summed E-state index contributed by atoms with van der Waals surface area (Å²) in [6.45, 7) is 1.22. The summed E-state index contributed by atoms with van der Waals surface area (Å²) < 4.78 is 28.2. The van der Waals surface area contributed by atoms with Crippen molar-refractivity contribution in [2.75, 3.05) is 12.3 Å². The standard InChI is InChI=1S/C4H9NO4S.Ca/c1-4(6)5-2-3-10(7,8)9;/h2-3H2,1H3,(H,5,6)(H,7,8,9);. The van der Waals surface area contributed by atoms with Gasteiger partial charge in [0, 0.05) is 51.2 Å². The van der Waals surface area contributed by atoms with Gasteiger partial charge in [-0.25, -0.2) is 0 Å². The molecule has 0 fully saturated rings. The molecule has 0 saturated carbocycles. The van der Waals surface area contributed by atoms with E-state index >= 15 is 0 Å². The summed E-state index contributed by atoms with van der Waals surface area (Å²) >= 11 is 0. The fraction of sp³-hybridized carbons (Fsp3) is 0.750. The van der Waals surface area contributed by atoms with E-state index in [0.717, 1.165) is 0 Å². The van der Waals surface area contributed by atoms with Crippen LogP contribution in [0.4, 0.5) is 0 Å². The Morgan fingerprint density at radius 3 is 2.27 bits per heavy atom. The average molecular weight is 207 g/mol. The number of carbonyl (C=O) groups excluding carboxylic acids is 1. The van der Waals surface area contributed by atoms with Crippen LogP contribution in [-0.4, -0.2) is 68.9 Å². The molecule has 1 amide bonds. The summed E-state index contributed by atoms with van der Waals surface area (Å²) in [7, 11) is -3.93. The van der Waals surface area contributed by atoms with Gasteiger partial charge in [-0.05, 0) is 0 Å². The second kappa shape index (κ2) is 6.19. The van der Waals surface area contributed by atoms with Crippen LogP contribution in [-0.2, 0) is 14.9 Å². The minimum Gasteiger partial charge on any atom is -0.355 e. The summed E-state index contributed by atoms with van der Waals surface area (Å²) in [5.41, 5.74) is 0. The van der Waals surface area contributed by atoms with Gasteiger partial charge >= 0.3 is 0 Å². The van der Waals surface area contributed by atoms with Crippen molar-refractivity contribution in [3.63, 3.8) is 0 Å². The first-order valence-electron chi connectivity index (χ1n) is 2.61. The molecule has 0 aliphatic carbocycles. The molecule has 0 aliphatic heterocycles. The minimum absolute atomic E-state index is 0. The Bertz CT molecular complexity index is 212. The van der Waals surface area contributed by atoms with Crippen LogP contribution >= 0.6 is 0 Å². The third kappa shape index (κ3) is 13.6. The van der Waals surface area contributed by atoms with Crippen molar-refractivity contribution in [3.05, 3.63) is 0 Å². The van der Waals surface area contributed by atoms with Crippen molar-refractivity contribution in [2.24, 2.45) is 0 Å². The fourth-order valence-corrected chi connectivity index (χ4v) is 0.716.